The van der Waals surface area contributed by atoms with Crippen LogP contribution in [0.3, 0.4) is 0 Å². The molecule has 3 aromatic carbocycles. The van der Waals surface area contributed by atoms with Crippen molar-refractivity contribution >= 4 is 46.1 Å². The van der Waals surface area contributed by atoms with Crippen LogP contribution in [0.25, 0.3) is 21.8 Å². The second-order valence-electron chi connectivity index (χ2n) is 7.86. The minimum absolute atomic E-state index is 0.120. The SMILES string of the molecule is Cc1ccc(Cl)cc1NC(=O)CN1C(=O)COc2ccc(-c3csc(-c4ccccc4)n3)cc21. The summed E-state index contributed by atoms with van der Waals surface area (Å²) in [6, 6.07) is 20.8. The summed E-state index contributed by atoms with van der Waals surface area (Å²) in [5, 5.41) is 6.26. The molecule has 2 heterocycles. The van der Waals surface area contributed by atoms with Crippen molar-refractivity contribution in [3.05, 3.63) is 82.7 Å². The number of ether oxygens (including phenoxy) is 1. The zero-order valence-electron chi connectivity index (χ0n) is 18.2. The summed E-state index contributed by atoms with van der Waals surface area (Å²) in [6.07, 6.45) is 0. The first-order chi connectivity index (χ1) is 16.5. The van der Waals surface area contributed by atoms with Crippen molar-refractivity contribution in [3.8, 4) is 27.6 Å². The van der Waals surface area contributed by atoms with E-state index < -0.39 is 0 Å². The Kier molecular flexibility index (Phi) is 6.04. The molecular formula is C26H20ClN3O3S. The monoisotopic (exact) mass is 489 g/mol. The number of aryl methyl sites for hydroxylation is 1. The van der Waals surface area contributed by atoms with Crippen LogP contribution in [-0.4, -0.2) is 29.9 Å². The van der Waals surface area contributed by atoms with Gasteiger partial charge >= 0.3 is 0 Å². The van der Waals surface area contributed by atoms with Gasteiger partial charge in [-0.25, -0.2) is 4.98 Å². The van der Waals surface area contributed by atoms with Gasteiger partial charge in [-0.3, -0.25) is 14.5 Å². The van der Waals surface area contributed by atoms with E-state index in [0.717, 1.165) is 27.4 Å². The molecule has 0 bridgehead atoms. The number of rotatable bonds is 5. The lowest BCUT2D eigenvalue weighted by Gasteiger charge is -2.29. The molecule has 2 amide bonds. The zero-order chi connectivity index (χ0) is 23.7. The number of thiazole rings is 1. The molecule has 1 aliphatic rings. The molecule has 0 fully saturated rings. The molecule has 170 valence electrons. The number of hydrogen-bond donors (Lipinski definition) is 1. The smallest absolute Gasteiger partial charge is 0.265 e. The number of nitrogens with zero attached hydrogens (tertiary/aromatic N) is 2. The average molecular weight is 490 g/mol. The first kappa shape index (κ1) is 22.1. The van der Waals surface area contributed by atoms with Gasteiger partial charge < -0.3 is 10.1 Å². The number of amides is 2. The van der Waals surface area contributed by atoms with E-state index in [1.54, 1.807) is 23.5 Å². The summed E-state index contributed by atoms with van der Waals surface area (Å²) in [5.41, 5.74) is 4.72. The van der Waals surface area contributed by atoms with Crippen molar-refractivity contribution in [2.45, 2.75) is 6.92 Å². The van der Waals surface area contributed by atoms with Gasteiger partial charge in [0.15, 0.2) is 6.61 Å². The van der Waals surface area contributed by atoms with E-state index in [2.05, 4.69) is 5.32 Å². The van der Waals surface area contributed by atoms with Gasteiger partial charge in [0.05, 0.1) is 11.4 Å². The van der Waals surface area contributed by atoms with Crippen LogP contribution in [0.1, 0.15) is 5.56 Å². The molecular weight excluding hydrogens is 470 g/mol. The number of carbonyl (C=O) groups excluding carboxylic acids is 2. The molecule has 6 nitrogen and oxygen atoms in total. The van der Waals surface area contributed by atoms with Crippen molar-refractivity contribution < 1.29 is 14.3 Å². The maximum atomic E-state index is 12.8. The lowest BCUT2D eigenvalue weighted by Crippen LogP contribution is -2.43. The zero-order valence-corrected chi connectivity index (χ0v) is 19.8. The second-order valence-corrected chi connectivity index (χ2v) is 9.16. The van der Waals surface area contributed by atoms with Crippen LogP contribution >= 0.6 is 22.9 Å². The molecule has 1 N–H and O–H groups in total. The summed E-state index contributed by atoms with van der Waals surface area (Å²) in [4.78, 5) is 31.7. The number of aromatic nitrogens is 1. The Bertz CT molecular complexity index is 1390. The van der Waals surface area contributed by atoms with Gasteiger partial charge in [-0.1, -0.05) is 48.0 Å². The highest BCUT2D eigenvalue weighted by Gasteiger charge is 2.28. The first-order valence-corrected chi connectivity index (χ1v) is 11.9. The number of benzene rings is 3. The van der Waals surface area contributed by atoms with E-state index in [1.807, 2.05) is 66.9 Å². The molecule has 0 aliphatic carbocycles. The van der Waals surface area contributed by atoms with Crippen molar-refractivity contribution in [2.75, 3.05) is 23.4 Å². The quantitative estimate of drug-likeness (QED) is 0.384. The molecule has 0 unspecified atom stereocenters. The highest BCUT2D eigenvalue weighted by molar-refractivity contribution is 7.13. The molecule has 1 aromatic heterocycles. The second kappa shape index (κ2) is 9.29. The van der Waals surface area contributed by atoms with Crippen LogP contribution < -0.4 is 15.0 Å². The standard InChI is InChI=1S/C26H20ClN3O3S/c1-16-7-9-19(27)12-20(16)28-24(31)13-30-22-11-18(8-10-23(22)33-14-25(30)32)21-15-34-26(29-21)17-5-3-2-4-6-17/h2-12,15H,13-14H2,1H3,(H,28,31). The predicted molar refractivity (Wildman–Crippen MR) is 136 cm³/mol. The molecule has 34 heavy (non-hydrogen) atoms. The van der Waals surface area contributed by atoms with Gasteiger partial charge in [0, 0.05) is 27.2 Å². The third-order valence-corrected chi connectivity index (χ3v) is 6.62. The Balaban J connectivity index is 1.41. The van der Waals surface area contributed by atoms with E-state index in [4.69, 9.17) is 21.3 Å². The normalized spacial score (nSPS) is 12.8. The maximum Gasteiger partial charge on any atom is 0.265 e. The Morgan fingerprint density at radius 3 is 2.76 bits per heavy atom. The lowest BCUT2D eigenvalue weighted by molar-refractivity contribution is -0.123. The Morgan fingerprint density at radius 2 is 1.94 bits per heavy atom. The number of fused-ring (bicyclic) bond motifs is 1. The third-order valence-electron chi connectivity index (χ3n) is 5.50. The predicted octanol–water partition coefficient (Wildman–Crippen LogP) is 5.80. The van der Waals surface area contributed by atoms with Crippen LogP contribution in [0.15, 0.2) is 72.1 Å². The lowest BCUT2D eigenvalue weighted by atomic mass is 10.1. The van der Waals surface area contributed by atoms with Crippen molar-refractivity contribution in [3.63, 3.8) is 0 Å². The van der Waals surface area contributed by atoms with Gasteiger partial charge in [-0.2, -0.15) is 0 Å². The van der Waals surface area contributed by atoms with E-state index >= 15 is 0 Å². The Morgan fingerprint density at radius 1 is 1.12 bits per heavy atom. The van der Waals surface area contributed by atoms with Gasteiger partial charge in [0.2, 0.25) is 5.91 Å². The number of carbonyl (C=O) groups is 2. The van der Waals surface area contributed by atoms with Crippen LogP contribution in [0, 0.1) is 6.92 Å². The van der Waals surface area contributed by atoms with Crippen molar-refractivity contribution in [1.29, 1.82) is 0 Å². The molecule has 0 saturated carbocycles. The van der Waals surface area contributed by atoms with Gasteiger partial charge in [-0.05, 0) is 42.8 Å². The van der Waals surface area contributed by atoms with Crippen LogP contribution in [0.5, 0.6) is 5.75 Å². The summed E-state index contributed by atoms with van der Waals surface area (Å²) >= 11 is 7.61. The van der Waals surface area contributed by atoms with Gasteiger partial charge in [0.25, 0.3) is 5.91 Å². The molecule has 0 atom stereocenters. The van der Waals surface area contributed by atoms with Crippen LogP contribution in [0.2, 0.25) is 5.02 Å². The van der Waals surface area contributed by atoms with E-state index in [0.29, 0.717) is 22.1 Å². The highest BCUT2D eigenvalue weighted by Crippen LogP contribution is 2.37. The number of anilines is 2. The van der Waals surface area contributed by atoms with E-state index in [1.165, 1.54) is 4.90 Å². The molecule has 0 radical (unpaired) electrons. The summed E-state index contributed by atoms with van der Waals surface area (Å²) < 4.78 is 5.61. The molecule has 0 spiro atoms. The topological polar surface area (TPSA) is 71.5 Å². The average Bonchev–Trinajstić information content (AvgIpc) is 3.34. The highest BCUT2D eigenvalue weighted by atomic mass is 35.5. The maximum absolute atomic E-state index is 12.8. The molecule has 1 aliphatic heterocycles. The summed E-state index contributed by atoms with van der Waals surface area (Å²) in [6.45, 7) is 1.62. The summed E-state index contributed by atoms with van der Waals surface area (Å²) in [5.74, 6) is -0.0588. The van der Waals surface area contributed by atoms with Crippen LogP contribution in [-0.2, 0) is 9.59 Å². The minimum atomic E-state index is -0.322. The molecule has 0 saturated heterocycles. The minimum Gasteiger partial charge on any atom is -0.482 e. The van der Waals surface area contributed by atoms with Crippen molar-refractivity contribution in [1.82, 2.24) is 4.98 Å². The first-order valence-electron chi connectivity index (χ1n) is 10.6. The van der Waals surface area contributed by atoms with Crippen molar-refractivity contribution in [2.24, 2.45) is 0 Å². The Labute approximate surface area is 205 Å². The van der Waals surface area contributed by atoms with Gasteiger partial charge in [-0.15, -0.1) is 11.3 Å². The van der Waals surface area contributed by atoms with E-state index in [-0.39, 0.29) is 25.0 Å². The molecule has 5 rings (SSSR count). The third kappa shape index (κ3) is 4.53. The fourth-order valence-corrected chi connectivity index (χ4v) is 4.72. The fourth-order valence-electron chi connectivity index (χ4n) is 3.72. The number of nitrogens with one attached hydrogen (secondary N) is 1. The number of hydrogen-bond acceptors (Lipinski definition) is 5. The largest absolute Gasteiger partial charge is 0.482 e. The Hall–Kier alpha value is -3.68. The molecule has 8 heteroatoms. The summed E-state index contributed by atoms with van der Waals surface area (Å²) in [7, 11) is 0. The fraction of sp³-hybridized carbons (Fsp3) is 0.115. The molecule has 4 aromatic rings. The number of halogens is 1. The van der Waals surface area contributed by atoms with Crippen LogP contribution in [0.4, 0.5) is 11.4 Å². The van der Waals surface area contributed by atoms with Gasteiger partial charge in [0.1, 0.15) is 17.3 Å². The van der Waals surface area contributed by atoms with E-state index in [9.17, 15) is 9.59 Å².